The average Bonchev–Trinajstić information content (AvgIpc) is 3.36. The Morgan fingerprint density at radius 1 is 1.00 bits per heavy atom. The number of benzene rings is 3. The summed E-state index contributed by atoms with van der Waals surface area (Å²) in [6, 6.07) is 16.3. The summed E-state index contributed by atoms with van der Waals surface area (Å²) in [4.78, 5) is 6.98. The lowest BCUT2D eigenvalue weighted by atomic mass is 9.98. The molecule has 0 spiro atoms. The number of hydrogen-bond acceptors (Lipinski definition) is 7. The van der Waals surface area contributed by atoms with Crippen molar-refractivity contribution in [3.8, 4) is 28.3 Å². The molecular weight excluding hydrogens is 508 g/mol. The summed E-state index contributed by atoms with van der Waals surface area (Å²) in [5.74, 6) is -1.52. The Balaban J connectivity index is 1.21. The van der Waals surface area contributed by atoms with Crippen LogP contribution in [0, 0.1) is 11.6 Å². The third-order valence-electron chi connectivity index (χ3n) is 7.25. The highest BCUT2D eigenvalue weighted by atomic mass is 19.1. The SMILES string of the molecule is OCC1OCC(Oc2nc3c(F)c(-c4ccc(-c5ccc(C6CNCCO6)cc5)cc4)c(F)cc3[nH]2)CC1O. The van der Waals surface area contributed by atoms with Crippen molar-refractivity contribution in [2.24, 2.45) is 0 Å². The molecule has 2 fully saturated rings. The van der Waals surface area contributed by atoms with Gasteiger partial charge in [0.1, 0.15) is 23.5 Å². The van der Waals surface area contributed by atoms with E-state index in [0.29, 0.717) is 12.2 Å². The number of nitrogens with zero attached hydrogens (tertiary/aromatic N) is 1. The summed E-state index contributed by atoms with van der Waals surface area (Å²) in [6.07, 6.45) is -1.88. The molecule has 0 radical (unpaired) electrons. The molecule has 4 aromatic rings. The van der Waals surface area contributed by atoms with Gasteiger partial charge < -0.3 is 34.7 Å². The van der Waals surface area contributed by atoms with E-state index in [9.17, 15) is 10.2 Å². The second-order valence-corrected chi connectivity index (χ2v) is 9.85. The molecule has 6 rings (SSSR count). The minimum absolute atomic E-state index is 0.00287. The van der Waals surface area contributed by atoms with Crippen LogP contribution in [0.4, 0.5) is 8.78 Å². The lowest BCUT2D eigenvalue weighted by molar-refractivity contribution is -0.131. The Morgan fingerprint density at radius 2 is 1.72 bits per heavy atom. The van der Waals surface area contributed by atoms with Crippen molar-refractivity contribution in [3.05, 3.63) is 71.8 Å². The molecule has 4 atom stereocenters. The zero-order chi connectivity index (χ0) is 26.9. The molecule has 8 nitrogen and oxygen atoms in total. The molecule has 10 heteroatoms. The standard InChI is InChI=1S/C29H29F2N3O5/c30-21-12-22-28(34-29(33-22)39-20-11-23(36)25(14-35)38-15-20)27(31)26(21)19-7-3-17(4-8-19)16-1-5-18(6-2-16)24-13-32-9-10-37-24/h1-8,12,20,23-25,32,35-36H,9-11,13-15H2,(H,33,34). The number of halogens is 2. The van der Waals surface area contributed by atoms with Crippen LogP contribution in [0.2, 0.25) is 0 Å². The number of aliphatic hydroxyl groups is 2. The van der Waals surface area contributed by atoms with Gasteiger partial charge in [0, 0.05) is 25.6 Å². The third-order valence-corrected chi connectivity index (χ3v) is 7.25. The molecule has 0 bridgehead atoms. The van der Waals surface area contributed by atoms with Gasteiger partial charge in [0.05, 0.1) is 43.1 Å². The maximum atomic E-state index is 15.5. The van der Waals surface area contributed by atoms with Crippen LogP contribution < -0.4 is 10.1 Å². The van der Waals surface area contributed by atoms with E-state index in [1.54, 1.807) is 12.1 Å². The number of rotatable bonds is 6. The van der Waals surface area contributed by atoms with Crippen molar-refractivity contribution >= 4 is 11.0 Å². The van der Waals surface area contributed by atoms with E-state index in [1.165, 1.54) is 6.07 Å². The average molecular weight is 538 g/mol. The summed E-state index contributed by atoms with van der Waals surface area (Å²) in [7, 11) is 0. The highest BCUT2D eigenvalue weighted by molar-refractivity contribution is 5.84. The minimum atomic E-state index is -0.900. The lowest BCUT2D eigenvalue weighted by Gasteiger charge is -2.31. The van der Waals surface area contributed by atoms with Gasteiger partial charge in [-0.3, -0.25) is 0 Å². The first-order valence-corrected chi connectivity index (χ1v) is 13.0. The van der Waals surface area contributed by atoms with Crippen molar-refractivity contribution < 1.29 is 33.2 Å². The van der Waals surface area contributed by atoms with Crippen LogP contribution in [0.5, 0.6) is 6.01 Å². The summed E-state index contributed by atoms with van der Waals surface area (Å²) >= 11 is 0. The maximum Gasteiger partial charge on any atom is 0.295 e. The molecule has 4 N–H and O–H groups in total. The number of imidazole rings is 1. The fraction of sp³-hybridized carbons (Fsp3) is 0.345. The van der Waals surface area contributed by atoms with Gasteiger partial charge in [-0.15, -0.1) is 0 Å². The molecular formula is C29H29F2N3O5. The number of hydrogen-bond donors (Lipinski definition) is 4. The molecule has 0 amide bonds. The Kier molecular flexibility index (Phi) is 7.28. The van der Waals surface area contributed by atoms with Crippen LogP contribution in [-0.2, 0) is 9.47 Å². The quantitative estimate of drug-likeness (QED) is 0.297. The van der Waals surface area contributed by atoms with Crippen LogP contribution in [0.3, 0.4) is 0 Å². The molecule has 39 heavy (non-hydrogen) atoms. The van der Waals surface area contributed by atoms with Crippen molar-refractivity contribution in [1.29, 1.82) is 0 Å². The molecule has 1 aromatic heterocycles. The van der Waals surface area contributed by atoms with Gasteiger partial charge in [-0.25, -0.2) is 8.78 Å². The number of ether oxygens (including phenoxy) is 3. The van der Waals surface area contributed by atoms with E-state index in [1.807, 2.05) is 36.4 Å². The largest absolute Gasteiger partial charge is 0.459 e. The van der Waals surface area contributed by atoms with Gasteiger partial charge in [-0.2, -0.15) is 4.98 Å². The Morgan fingerprint density at radius 3 is 2.38 bits per heavy atom. The van der Waals surface area contributed by atoms with E-state index in [0.717, 1.165) is 29.8 Å². The van der Waals surface area contributed by atoms with Gasteiger partial charge in [0.15, 0.2) is 5.82 Å². The molecule has 2 saturated heterocycles. The van der Waals surface area contributed by atoms with E-state index in [2.05, 4.69) is 15.3 Å². The predicted molar refractivity (Wildman–Crippen MR) is 140 cm³/mol. The summed E-state index contributed by atoms with van der Waals surface area (Å²) in [6.45, 7) is 2.15. The predicted octanol–water partition coefficient (Wildman–Crippen LogP) is 3.73. The van der Waals surface area contributed by atoms with Crippen LogP contribution in [0.1, 0.15) is 18.1 Å². The second-order valence-electron chi connectivity index (χ2n) is 9.85. The molecule has 2 aliphatic rings. The Hall–Kier alpha value is -3.41. The van der Waals surface area contributed by atoms with Gasteiger partial charge in [0.2, 0.25) is 0 Å². The highest BCUT2D eigenvalue weighted by Crippen LogP contribution is 2.34. The molecule has 2 aliphatic heterocycles. The number of aromatic nitrogens is 2. The van der Waals surface area contributed by atoms with Gasteiger partial charge in [-0.1, -0.05) is 48.5 Å². The number of H-pyrrole nitrogens is 1. The van der Waals surface area contributed by atoms with E-state index >= 15 is 8.78 Å². The minimum Gasteiger partial charge on any atom is -0.459 e. The van der Waals surface area contributed by atoms with Crippen molar-refractivity contribution in [3.63, 3.8) is 0 Å². The number of aromatic amines is 1. The van der Waals surface area contributed by atoms with Gasteiger partial charge >= 0.3 is 0 Å². The fourth-order valence-corrected chi connectivity index (χ4v) is 5.12. The highest BCUT2D eigenvalue weighted by Gasteiger charge is 2.31. The van der Waals surface area contributed by atoms with Gasteiger partial charge in [0.25, 0.3) is 6.01 Å². The zero-order valence-corrected chi connectivity index (χ0v) is 21.1. The summed E-state index contributed by atoms with van der Waals surface area (Å²) in [5, 5.41) is 22.6. The topological polar surface area (TPSA) is 109 Å². The van der Waals surface area contributed by atoms with Crippen molar-refractivity contribution in [2.75, 3.05) is 32.9 Å². The molecule has 3 heterocycles. The first kappa shape index (κ1) is 25.8. The monoisotopic (exact) mass is 537 g/mol. The van der Waals surface area contributed by atoms with Crippen LogP contribution >= 0.6 is 0 Å². The Bertz CT molecular complexity index is 1440. The number of morpholine rings is 1. The fourth-order valence-electron chi connectivity index (χ4n) is 5.12. The first-order chi connectivity index (χ1) is 19.0. The molecule has 3 aromatic carbocycles. The first-order valence-electron chi connectivity index (χ1n) is 13.0. The third kappa shape index (κ3) is 5.26. The van der Waals surface area contributed by atoms with Crippen LogP contribution in [0.25, 0.3) is 33.3 Å². The Labute approximate surface area is 223 Å². The van der Waals surface area contributed by atoms with E-state index in [4.69, 9.17) is 14.2 Å². The number of fused-ring (bicyclic) bond motifs is 1. The van der Waals surface area contributed by atoms with E-state index < -0.39 is 29.9 Å². The molecule has 0 aliphatic carbocycles. The smallest absolute Gasteiger partial charge is 0.295 e. The second kappa shape index (κ2) is 11.0. The van der Waals surface area contributed by atoms with Crippen molar-refractivity contribution in [1.82, 2.24) is 15.3 Å². The van der Waals surface area contributed by atoms with E-state index in [-0.39, 0.29) is 48.3 Å². The lowest BCUT2D eigenvalue weighted by Crippen LogP contribution is -2.45. The summed E-state index contributed by atoms with van der Waals surface area (Å²) < 4.78 is 47.5. The molecule has 0 saturated carbocycles. The van der Waals surface area contributed by atoms with Gasteiger partial charge in [-0.05, 0) is 22.3 Å². The summed E-state index contributed by atoms with van der Waals surface area (Å²) in [5.41, 5.74) is 3.33. The number of aliphatic hydroxyl groups excluding tert-OH is 2. The van der Waals surface area contributed by atoms with Crippen LogP contribution in [-0.4, -0.2) is 71.4 Å². The van der Waals surface area contributed by atoms with Crippen molar-refractivity contribution in [2.45, 2.75) is 30.8 Å². The normalized spacial score (nSPS) is 23.7. The number of nitrogens with one attached hydrogen (secondary N) is 2. The van der Waals surface area contributed by atoms with Crippen LogP contribution in [0.15, 0.2) is 54.6 Å². The zero-order valence-electron chi connectivity index (χ0n) is 21.1. The molecule has 204 valence electrons. The maximum absolute atomic E-state index is 15.5. The molecule has 4 unspecified atom stereocenters.